The van der Waals surface area contributed by atoms with Gasteiger partial charge in [0, 0.05) is 22.9 Å². The molecule has 0 aliphatic carbocycles. The fourth-order valence-corrected chi connectivity index (χ4v) is 2.78. The van der Waals surface area contributed by atoms with Gasteiger partial charge in [-0.15, -0.1) is 0 Å². The Hall–Kier alpha value is -2.87. The highest BCUT2D eigenvalue weighted by Crippen LogP contribution is 2.24. The molecule has 8 heteroatoms. The van der Waals surface area contributed by atoms with Crippen molar-refractivity contribution in [2.45, 2.75) is 32.8 Å². The number of nitrogens with one attached hydrogen (secondary N) is 2. The monoisotopic (exact) mass is 461 g/mol. The molecule has 0 aromatic heterocycles. The third-order valence-electron chi connectivity index (χ3n) is 3.69. The predicted molar refractivity (Wildman–Crippen MR) is 117 cm³/mol. The van der Waals surface area contributed by atoms with Gasteiger partial charge in [0.05, 0.1) is 25.1 Å². The number of anilines is 1. The van der Waals surface area contributed by atoms with E-state index in [1.165, 1.54) is 13.3 Å². The fraction of sp³-hybridized carbons (Fsp3) is 0.286. The third kappa shape index (κ3) is 7.57. The molecule has 2 amide bonds. The minimum atomic E-state index is -0.363. The second-order valence-electron chi connectivity index (χ2n) is 6.39. The molecule has 0 bridgehead atoms. The Morgan fingerprint density at radius 1 is 1.10 bits per heavy atom. The summed E-state index contributed by atoms with van der Waals surface area (Å²) in [4.78, 5) is 24.0. The van der Waals surface area contributed by atoms with Gasteiger partial charge in [0.1, 0.15) is 11.5 Å². The summed E-state index contributed by atoms with van der Waals surface area (Å²) in [7, 11) is 1.53. The summed E-state index contributed by atoms with van der Waals surface area (Å²) in [6.45, 7) is 3.86. The molecule has 0 aliphatic rings. The third-order valence-corrected chi connectivity index (χ3v) is 4.18. The van der Waals surface area contributed by atoms with Crippen LogP contribution in [0.5, 0.6) is 11.5 Å². The molecule has 0 aliphatic heterocycles. The average Bonchev–Trinajstić information content (AvgIpc) is 2.68. The maximum absolute atomic E-state index is 12.1. The first-order valence-corrected chi connectivity index (χ1v) is 9.89. The van der Waals surface area contributed by atoms with Crippen LogP contribution in [0.2, 0.25) is 0 Å². The topological polar surface area (TPSA) is 89.0 Å². The molecule has 0 fully saturated rings. The van der Waals surface area contributed by atoms with E-state index in [0.717, 1.165) is 10.0 Å². The van der Waals surface area contributed by atoms with Crippen molar-refractivity contribution >= 4 is 39.6 Å². The molecule has 0 unspecified atom stereocenters. The van der Waals surface area contributed by atoms with E-state index in [1.807, 2.05) is 38.1 Å². The van der Waals surface area contributed by atoms with Gasteiger partial charge in [0.25, 0.3) is 0 Å². The van der Waals surface area contributed by atoms with Crippen molar-refractivity contribution in [1.82, 2.24) is 5.43 Å². The molecule has 2 rings (SSSR count). The zero-order chi connectivity index (χ0) is 21.2. The number of hydrogen-bond donors (Lipinski definition) is 2. The second kappa shape index (κ2) is 11.2. The second-order valence-corrected chi connectivity index (χ2v) is 7.31. The summed E-state index contributed by atoms with van der Waals surface area (Å²) in [6.07, 6.45) is 1.55. The fourth-order valence-electron chi connectivity index (χ4n) is 2.40. The summed E-state index contributed by atoms with van der Waals surface area (Å²) in [6, 6.07) is 12.6. The Labute approximate surface area is 178 Å². The van der Waals surface area contributed by atoms with Gasteiger partial charge in [-0.3, -0.25) is 9.59 Å². The van der Waals surface area contributed by atoms with Crippen LogP contribution in [0.15, 0.2) is 52.0 Å². The maximum atomic E-state index is 12.1. The number of amides is 2. The molecule has 0 radical (unpaired) electrons. The van der Waals surface area contributed by atoms with E-state index < -0.39 is 0 Å². The maximum Gasteiger partial charge on any atom is 0.240 e. The smallest absolute Gasteiger partial charge is 0.240 e. The number of benzene rings is 2. The van der Waals surface area contributed by atoms with Crippen molar-refractivity contribution in [3.63, 3.8) is 0 Å². The van der Waals surface area contributed by atoms with Crippen LogP contribution in [0.25, 0.3) is 0 Å². The Balaban J connectivity index is 1.85. The molecule has 0 saturated carbocycles. The van der Waals surface area contributed by atoms with Crippen LogP contribution in [0.1, 0.15) is 32.3 Å². The van der Waals surface area contributed by atoms with Crippen molar-refractivity contribution in [2.75, 3.05) is 12.4 Å². The number of rotatable bonds is 9. The van der Waals surface area contributed by atoms with Crippen LogP contribution >= 0.6 is 15.9 Å². The van der Waals surface area contributed by atoms with Crippen LogP contribution in [-0.2, 0) is 9.59 Å². The first-order valence-electron chi connectivity index (χ1n) is 9.10. The normalized spacial score (nSPS) is 10.8. The lowest BCUT2D eigenvalue weighted by molar-refractivity contribution is -0.124. The lowest BCUT2D eigenvalue weighted by Gasteiger charge is -2.12. The van der Waals surface area contributed by atoms with Crippen molar-refractivity contribution < 1.29 is 19.1 Å². The number of hydrazone groups is 1. The molecule has 0 spiro atoms. The number of methoxy groups -OCH3 is 1. The minimum Gasteiger partial charge on any atom is -0.495 e. The highest BCUT2D eigenvalue weighted by Gasteiger charge is 2.10. The summed E-state index contributed by atoms with van der Waals surface area (Å²) in [5, 5.41) is 6.69. The first-order chi connectivity index (χ1) is 13.9. The van der Waals surface area contributed by atoms with E-state index in [1.54, 1.807) is 18.2 Å². The Morgan fingerprint density at radius 2 is 1.83 bits per heavy atom. The molecular formula is C21H24BrN3O4. The zero-order valence-corrected chi connectivity index (χ0v) is 18.2. The molecule has 2 aromatic rings. The molecule has 2 N–H and O–H groups in total. The average molecular weight is 462 g/mol. The molecule has 154 valence electrons. The van der Waals surface area contributed by atoms with E-state index in [9.17, 15) is 9.59 Å². The van der Waals surface area contributed by atoms with E-state index in [0.29, 0.717) is 17.2 Å². The summed E-state index contributed by atoms with van der Waals surface area (Å²) in [5.41, 5.74) is 3.71. The van der Waals surface area contributed by atoms with Gasteiger partial charge in [-0.25, -0.2) is 5.43 Å². The molecule has 0 heterocycles. The predicted octanol–water partition coefficient (Wildman–Crippen LogP) is 4.11. The highest BCUT2D eigenvalue weighted by atomic mass is 79.9. The van der Waals surface area contributed by atoms with Crippen molar-refractivity contribution in [2.24, 2.45) is 5.10 Å². The van der Waals surface area contributed by atoms with E-state index in [-0.39, 0.29) is 30.8 Å². The van der Waals surface area contributed by atoms with Crippen LogP contribution < -0.4 is 20.2 Å². The number of para-hydroxylation sites is 2. The quantitative estimate of drug-likeness (QED) is 0.434. The first kappa shape index (κ1) is 22.4. The van der Waals surface area contributed by atoms with Gasteiger partial charge >= 0.3 is 0 Å². The number of hydrogen-bond acceptors (Lipinski definition) is 5. The van der Waals surface area contributed by atoms with Gasteiger partial charge in [0.2, 0.25) is 11.8 Å². The van der Waals surface area contributed by atoms with E-state index >= 15 is 0 Å². The Morgan fingerprint density at radius 3 is 2.55 bits per heavy atom. The summed E-state index contributed by atoms with van der Waals surface area (Å²) >= 11 is 3.40. The van der Waals surface area contributed by atoms with Gasteiger partial charge < -0.3 is 14.8 Å². The van der Waals surface area contributed by atoms with Crippen LogP contribution in [0.4, 0.5) is 5.69 Å². The standard InChI is InChI=1S/C21H24BrN3O4/c1-14(2)29-18-9-8-16(22)12-15(18)13-23-25-21(27)11-10-20(26)24-17-6-4-5-7-19(17)28-3/h4-9,12-14H,10-11H2,1-3H3,(H,24,26)(H,25,27). The van der Waals surface area contributed by atoms with Crippen LogP contribution in [0, 0.1) is 0 Å². The lowest BCUT2D eigenvalue weighted by Crippen LogP contribution is -2.21. The molecule has 0 saturated heterocycles. The molecule has 0 atom stereocenters. The number of carbonyl (C=O) groups excluding carboxylic acids is 2. The van der Waals surface area contributed by atoms with E-state index in [4.69, 9.17) is 9.47 Å². The van der Waals surface area contributed by atoms with Crippen molar-refractivity contribution in [3.8, 4) is 11.5 Å². The minimum absolute atomic E-state index is 0.00611. The lowest BCUT2D eigenvalue weighted by atomic mass is 10.2. The van der Waals surface area contributed by atoms with Crippen LogP contribution in [0.3, 0.4) is 0 Å². The number of nitrogens with zero attached hydrogens (tertiary/aromatic N) is 1. The van der Waals surface area contributed by atoms with Gasteiger partial charge in [-0.1, -0.05) is 28.1 Å². The van der Waals surface area contributed by atoms with Crippen molar-refractivity contribution in [1.29, 1.82) is 0 Å². The highest BCUT2D eigenvalue weighted by molar-refractivity contribution is 9.10. The SMILES string of the molecule is COc1ccccc1NC(=O)CCC(=O)NN=Cc1cc(Br)ccc1OC(C)C. The number of carbonyl (C=O) groups is 2. The van der Waals surface area contributed by atoms with E-state index in [2.05, 4.69) is 31.8 Å². The van der Waals surface area contributed by atoms with Crippen molar-refractivity contribution in [3.05, 3.63) is 52.5 Å². The molecule has 7 nitrogen and oxygen atoms in total. The Bertz CT molecular complexity index is 884. The number of ether oxygens (including phenoxy) is 2. The van der Waals surface area contributed by atoms with Gasteiger partial charge in [-0.2, -0.15) is 5.10 Å². The Kier molecular flexibility index (Phi) is 8.67. The molecule has 2 aromatic carbocycles. The number of halogens is 1. The van der Waals surface area contributed by atoms with Gasteiger partial charge in [-0.05, 0) is 44.2 Å². The summed E-state index contributed by atoms with van der Waals surface area (Å²) < 4.78 is 11.8. The van der Waals surface area contributed by atoms with Crippen LogP contribution in [-0.4, -0.2) is 31.2 Å². The zero-order valence-electron chi connectivity index (χ0n) is 16.6. The molecule has 29 heavy (non-hydrogen) atoms. The van der Waals surface area contributed by atoms with Gasteiger partial charge in [0.15, 0.2) is 0 Å². The summed E-state index contributed by atoms with van der Waals surface area (Å²) in [5.74, 6) is 0.576. The largest absolute Gasteiger partial charge is 0.495 e. The molecular weight excluding hydrogens is 438 g/mol.